The summed E-state index contributed by atoms with van der Waals surface area (Å²) < 4.78 is 16.1. The number of nitrogens with one attached hydrogen (secondary N) is 1. The number of rotatable bonds is 6. The van der Waals surface area contributed by atoms with Gasteiger partial charge in [-0.05, 0) is 17.2 Å². The summed E-state index contributed by atoms with van der Waals surface area (Å²) in [6.45, 7) is 0.348. The van der Waals surface area contributed by atoms with Crippen LogP contribution in [0.15, 0.2) is 67.0 Å². The number of hydrogen-bond acceptors (Lipinski definition) is 2. The van der Waals surface area contributed by atoms with E-state index in [1.807, 2.05) is 48.1 Å². The van der Waals surface area contributed by atoms with Crippen molar-refractivity contribution in [3.05, 3.63) is 89.8 Å². The Hall–Kier alpha value is -2.95. The molecule has 25 heavy (non-hydrogen) atoms. The Balaban J connectivity index is 1.77. The molecule has 0 radical (unpaired) electrons. The second-order valence-corrected chi connectivity index (χ2v) is 5.92. The average molecular weight is 337 g/mol. The fraction of sp³-hybridized carbons (Fsp3) is 0.200. The molecule has 0 saturated carbocycles. The fourth-order valence-corrected chi connectivity index (χ4v) is 2.85. The van der Waals surface area contributed by atoms with E-state index < -0.39 is 0 Å². The van der Waals surface area contributed by atoms with Crippen LogP contribution in [0, 0.1) is 5.82 Å². The van der Waals surface area contributed by atoms with Crippen LogP contribution < -0.4 is 5.32 Å². The topological polar surface area (TPSA) is 46.9 Å². The SMILES string of the molecule is Cn1ccnc1CNC(=O)C[C@H](c1ccccc1)c1ccccc1F. The van der Waals surface area contributed by atoms with Gasteiger partial charge in [0.2, 0.25) is 5.91 Å². The van der Waals surface area contributed by atoms with E-state index in [2.05, 4.69) is 10.3 Å². The van der Waals surface area contributed by atoms with Crippen molar-refractivity contribution in [3.63, 3.8) is 0 Å². The lowest BCUT2D eigenvalue weighted by atomic mass is 9.88. The molecule has 0 saturated heterocycles. The molecule has 4 nitrogen and oxygen atoms in total. The number of aryl methyl sites for hydroxylation is 1. The third-order valence-corrected chi connectivity index (χ3v) is 4.24. The first-order chi connectivity index (χ1) is 12.1. The lowest BCUT2D eigenvalue weighted by molar-refractivity contribution is -0.121. The lowest BCUT2D eigenvalue weighted by Crippen LogP contribution is -2.26. The lowest BCUT2D eigenvalue weighted by Gasteiger charge is -2.18. The molecule has 1 N–H and O–H groups in total. The summed E-state index contributed by atoms with van der Waals surface area (Å²) >= 11 is 0. The Labute approximate surface area is 146 Å². The zero-order valence-electron chi connectivity index (χ0n) is 14.0. The molecule has 128 valence electrons. The van der Waals surface area contributed by atoms with Crippen LogP contribution in [0.1, 0.15) is 29.3 Å². The number of imidazole rings is 1. The van der Waals surface area contributed by atoms with Gasteiger partial charge in [0.05, 0.1) is 6.54 Å². The number of benzene rings is 2. The Kier molecular flexibility index (Phi) is 5.23. The molecule has 0 unspecified atom stereocenters. The molecule has 0 aliphatic carbocycles. The van der Waals surface area contributed by atoms with Gasteiger partial charge < -0.3 is 9.88 Å². The average Bonchev–Trinajstić information content (AvgIpc) is 3.04. The third kappa shape index (κ3) is 4.12. The predicted molar refractivity (Wildman–Crippen MR) is 94.4 cm³/mol. The monoisotopic (exact) mass is 337 g/mol. The molecule has 1 heterocycles. The van der Waals surface area contributed by atoms with Gasteiger partial charge in [-0.25, -0.2) is 9.37 Å². The van der Waals surface area contributed by atoms with Crippen LogP contribution in [-0.4, -0.2) is 15.5 Å². The first-order valence-electron chi connectivity index (χ1n) is 8.17. The summed E-state index contributed by atoms with van der Waals surface area (Å²) in [4.78, 5) is 16.6. The van der Waals surface area contributed by atoms with Crippen LogP contribution in [0.3, 0.4) is 0 Å². The van der Waals surface area contributed by atoms with Crippen LogP contribution >= 0.6 is 0 Å². The van der Waals surface area contributed by atoms with E-state index in [1.54, 1.807) is 24.4 Å². The minimum atomic E-state index is -0.330. The molecule has 0 fully saturated rings. The van der Waals surface area contributed by atoms with Gasteiger partial charge in [-0.1, -0.05) is 48.5 Å². The molecule has 0 aliphatic rings. The Morgan fingerprint density at radius 3 is 2.56 bits per heavy atom. The molecule has 3 aromatic rings. The second-order valence-electron chi connectivity index (χ2n) is 5.92. The Morgan fingerprint density at radius 2 is 1.88 bits per heavy atom. The van der Waals surface area contributed by atoms with Gasteiger partial charge in [-0.2, -0.15) is 0 Å². The normalized spacial score (nSPS) is 11.9. The van der Waals surface area contributed by atoms with Crippen LogP contribution in [0.4, 0.5) is 4.39 Å². The number of halogens is 1. The number of nitrogens with zero attached hydrogens (tertiary/aromatic N) is 2. The van der Waals surface area contributed by atoms with Crippen LogP contribution in [0.25, 0.3) is 0 Å². The maximum absolute atomic E-state index is 14.3. The summed E-state index contributed by atoms with van der Waals surface area (Å²) in [5.74, 6) is 0.00707. The third-order valence-electron chi connectivity index (χ3n) is 4.24. The van der Waals surface area contributed by atoms with E-state index in [0.717, 1.165) is 11.4 Å². The van der Waals surface area contributed by atoms with Crippen molar-refractivity contribution < 1.29 is 9.18 Å². The molecule has 0 spiro atoms. The van der Waals surface area contributed by atoms with Crippen molar-refractivity contribution in [2.75, 3.05) is 0 Å². The maximum atomic E-state index is 14.3. The van der Waals surface area contributed by atoms with Crippen molar-refractivity contribution >= 4 is 5.91 Å². The quantitative estimate of drug-likeness (QED) is 0.749. The van der Waals surface area contributed by atoms with Gasteiger partial charge >= 0.3 is 0 Å². The zero-order chi connectivity index (χ0) is 17.6. The molecule has 1 aromatic heterocycles. The van der Waals surface area contributed by atoms with Gasteiger partial charge in [0.1, 0.15) is 11.6 Å². The highest BCUT2D eigenvalue weighted by Crippen LogP contribution is 2.29. The predicted octanol–water partition coefficient (Wildman–Crippen LogP) is 3.40. The van der Waals surface area contributed by atoms with Gasteiger partial charge in [0.15, 0.2) is 0 Å². The molecular weight excluding hydrogens is 317 g/mol. The number of hydrogen-bond donors (Lipinski definition) is 1. The standard InChI is InChI=1S/C20H20FN3O/c1-24-12-11-22-19(24)14-23-20(25)13-17(15-7-3-2-4-8-15)16-9-5-6-10-18(16)21/h2-12,17H,13-14H2,1H3,(H,23,25)/t17-/m1/s1. The molecule has 0 bridgehead atoms. The number of aromatic nitrogens is 2. The summed E-state index contributed by atoms with van der Waals surface area (Å²) in [5.41, 5.74) is 1.44. The summed E-state index contributed by atoms with van der Waals surface area (Å²) in [7, 11) is 1.88. The van der Waals surface area contributed by atoms with Crippen molar-refractivity contribution in [2.24, 2.45) is 7.05 Å². The largest absolute Gasteiger partial charge is 0.349 e. The highest BCUT2D eigenvalue weighted by Gasteiger charge is 2.21. The summed E-state index contributed by atoms with van der Waals surface area (Å²) in [6.07, 6.45) is 3.69. The molecule has 1 atom stereocenters. The maximum Gasteiger partial charge on any atom is 0.221 e. The molecule has 5 heteroatoms. The highest BCUT2D eigenvalue weighted by molar-refractivity contribution is 5.77. The van der Waals surface area contributed by atoms with Crippen LogP contribution in [0.5, 0.6) is 0 Å². The van der Waals surface area contributed by atoms with Crippen molar-refractivity contribution in [1.29, 1.82) is 0 Å². The fourth-order valence-electron chi connectivity index (χ4n) is 2.85. The second kappa shape index (κ2) is 7.75. The van der Waals surface area contributed by atoms with E-state index in [9.17, 15) is 9.18 Å². The number of carbonyl (C=O) groups excluding carboxylic acids is 1. The number of carbonyl (C=O) groups is 1. The van der Waals surface area contributed by atoms with E-state index in [4.69, 9.17) is 0 Å². The van der Waals surface area contributed by atoms with E-state index in [-0.39, 0.29) is 24.1 Å². The van der Waals surface area contributed by atoms with Crippen molar-refractivity contribution in [3.8, 4) is 0 Å². The van der Waals surface area contributed by atoms with Crippen molar-refractivity contribution in [2.45, 2.75) is 18.9 Å². The molecule has 1 amide bonds. The summed E-state index contributed by atoms with van der Waals surface area (Å²) in [6, 6.07) is 16.2. The van der Waals surface area contributed by atoms with E-state index >= 15 is 0 Å². The zero-order valence-corrected chi connectivity index (χ0v) is 14.0. The molecular formula is C20H20FN3O. The Bertz CT molecular complexity index is 845. The van der Waals surface area contributed by atoms with E-state index in [1.165, 1.54) is 6.07 Å². The molecule has 0 aliphatic heterocycles. The van der Waals surface area contributed by atoms with Gasteiger partial charge in [0.25, 0.3) is 0 Å². The first kappa shape index (κ1) is 16.9. The van der Waals surface area contributed by atoms with Crippen LogP contribution in [0.2, 0.25) is 0 Å². The van der Waals surface area contributed by atoms with E-state index in [0.29, 0.717) is 12.1 Å². The van der Waals surface area contributed by atoms with Gasteiger partial charge in [-0.15, -0.1) is 0 Å². The highest BCUT2D eigenvalue weighted by atomic mass is 19.1. The summed E-state index contributed by atoms with van der Waals surface area (Å²) in [5, 5.41) is 2.87. The first-order valence-corrected chi connectivity index (χ1v) is 8.17. The Morgan fingerprint density at radius 1 is 1.16 bits per heavy atom. The smallest absolute Gasteiger partial charge is 0.221 e. The van der Waals surface area contributed by atoms with Gasteiger partial charge in [0, 0.05) is 31.8 Å². The minimum Gasteiger partial charge on any atom is -0.349 e. The van der Waals surface area contributed by atoms with Gasteiger partial charge in [-0.3, -0.25) is 4.79 Å². The molecule has 2 aromatic carbocycles. The van der Waals surface area contributed by atoms with Crippen LogP contribution in [-0.2, 0) is 18.4 Å². The number of amides is 1. The minimum absolute atomic E-state index is 0.139. The molecule has 3 rings (SSSR count). The van der Waals surface area contributed by atoms with Crippen molar-refractivity contribution in [1.82, 2.24) is 14.9 Å².